The zero-order valence-corrected chi connectivity index (χ0v) is 15.9. The second-order valence-corrected chi connectivity index (χ2v) is 7.25. The maximum absolute atomic E-state index is 10.3. The van der Waals surface area contributed by atoms with Crippen LogP contribution in [0.1, 0.15) is 0 Å². The molecule has 29 heavy (non-hydrogen) atoms. The Balaban J connectivity index is 1.97. The Hall–Kier alpha value is -0.520. The number of nitrogens with one attached hydrogen (secondary N) is 1. The quantitative estimate of drug-likeness (QED) is 0.165. The second kappa shape index (κ2) is 11.2. The Morgan fingerprint density at radius 3 is 1.83 bits per heavy atom. The standard InChI is InChI=1S/C16H33N3O10/c17-1-3-19(16-14(27)12(25)10(23)8(6-21)29-16)4-2-18-15-13(26)11(24)9(22)7(5-20)28-15/h7-16,18,20-27H,1-6,17H2/t7-,8-,9-,10-,11+,12+,13-,14-,15?,16?/m1/s1. The molecular weight excluding hydrogens is 394 g/mol. The van der Waals surface area contributed by atoms with E-state index < -0.39 is 74.5 Å². The van der Waals surface area contributed by atoms with Gasteiger partial charge in [0.25, 0.3) is 0 Å². The minimum Gasteiger partial charge on any atom is -0.394 e. The highest BCUT2D eigenvalue weighted by Crippen LogP contribution is 2.24. The van der Waals surface area contributed by atoms with Crippen molar-refractivity contribution in [1.29, 1.82) is 0 Å². The molecule has 0 radical (unpaired) electrons. The highest BCUT2D eigenvalue weighted by atomic mass is 16.6. The van der Waals surface area contributed by atoms with Gasteiger partial charge in [0.15, 0.2) is 0 Å². The third kappa shape index (κ3) is 5.59. The molecular formula is C16H33N3O10. The highest BCUT2D eigenvalue weighted by Gasteiger charge is 2.46. The molecule has 2 aliphatic rings. The zero-order chi connectivity index (χ0) is 21.7. The molecule has 13 heteroatoms. The van der Waals surface area contributed by atoms with Crippen LogP contribution < -0.4 is 11.1 Å². The molecule has 0 aromatic carbocycles. The van der Waals surface area contributed by atoms with Gasteiger partial charge >= 0.3 is 0 Å². The van der Waals surface area contributed by atoms with E-state index in [0.717, 1.165) is 0 Å². The van der Waals surface area contributed by atoms with Crippen molar-refractivity contribution >= 4 is 0 Å². The van der Waals surface area contributed by atoms with Crippen LogP contribution in [0.4, 0.5) is 0 Å². The lowest BCUT2D eigenvalue weighted by atomic mass is 9.97. The number of nitrogens with two attached hydrogens (primary N) is 1. The van der Waals surface area contributed by atoms with Gasteiger partial charge in [-0.05, 0) is 0 Å². The molecule has 0 aromatic rings. The SMILES string of the molecule is NCCN(CCNC1O[C@H](CO)[C@@H](O)[C@H](O)[C@H]1O)C1O[C@H](CO)[C@@H](O)[C@H](O)[C@H]1O. The lowest BCUT2D eigenvalue weighted by molar-refractivity contribution is -0.265. The Bertz CT molecular complexity index is 488. The van der Waals surface area contributed by atoms with Gasteiger partial charge < -0.3 is 56.1 Å². The van der Waals surface area contributed by atoms with Gasteiger partial charge in [0.05, 0.1) is 13.2 Å². The Labute approximate surface area is 167 Å². The number of rotatable bonds is 9. The first-order valence-corrected chi connectivity index (χ1v) is 9.55. The Morgan fingerprint density at radius 1 is 0.724 bits per heavy atom. The van der Waals surface area contributed by atoms with E-state index in [4.69, 9.17) is 15.2 Å². The maximum Gasteiger partial charge on any atom is 0.140 e. The molecule has 11 N–H and O–H groups in total. The number of aliphatic hydroxyl groups excluding tert-OH is 8. The summed E-state index contributed by atoms with van der Waals surface area (Å²) in [6.07, 6.45) is -13.1. The molecule has 2 fully saturated rings. The van der Waals surface area contributed by atoms with E-state index in [0.29, 0.717) is 0 Å². The van der Waals surface area contributed by atoms with Crippen molar-refractivity contribution in [2.75, 3.05) is 39.4 Å². The van der Waals surface area contributed by atoms with Crippen LogP contribution in [0.3, 0.4) is 0 Å². The van der Waals surface area contributed by atoms with Gasteiger partial charge in [0.1, 0.15) is 61.3 Å². The summed E-state index contributed by atoms with van der Waals surface area (Å²) in [4.78, 5) is 1.58. The summed E-state index contributed by atoms with van der Waals surface area (Å²) in [7, 11) is 0. The second-order valence-electron chi connectivity index (χ2n) is 7.25. The number of aliphatic hydroxyl groups is 8. The van der Waals surface area contributed by atoms with Crippen molar-refractivity contribution in [3.8, 4) is 0 Å². The fourth-order valence-corrected chi connectivity index (χ4v) is 3.54. The summed E-state index contributed by atoms with van der Waals surface area (Å²) >= 11 is 0. The molecule has 0 spiro atoms. The minimum atomic E-state index is -1.52. The molecule has 0 amide bonds. The maximum atomic E-state index is 10.3. The molecule has 2 rings (SSSR count). The van der Waals surface area contributed by atoms with Crippen molar-refractivity contribution in [2.24, 2.45) is 5.73 Å². The predicted molar refractivity (Wildman–Crippen MR) is 96.2 cm³/mol. The first kappa shape index (κ1) is 24.7. The van der Waals surface area contributed by atoms with Gasteiger partial charge in [-0.15, -0.1) is 0 Å². The lowest BCUT2D eigenvalue weighted by Gasteiger charge is -2.45. The van der Waals surface area contributed by atoms with Crippen LogP contribution in [-0.4, -0.2) is 146 Å². The molecule has 172 valence electrons. The predicted octanol–water partition coefficient (Wildman–Crippen LogP) is -6.56. The van der Waals surface area contributed by atoms with E-state index >= 15 is 0 Å². The van der Waals surface area contributed by atoms with Crippen LogP contribution in [0, 0.1) is 0 Å². The lowest BCUT2D eigenvalue weighted by Crippen LogP contribution is -2.65. The molecule has 0 bridgehead atoms. The highest BCUT2D eigenvalue weighted by molar-refractivity contribution is 4.93. The molecule has 2 heterocycles. The van der Waals surface area contributed by atoms with Crippen LogP contribution in [0.25, 0.3) is 0 Å². The van der Waals surface area contributed by atoms with Gasteiger partial charge in [0.2, 0.25) is 0 Å². The van der Waals surface area contributed by atoms with E-state index in [1.807, 2.05) is 0 Å². The van der Waals surface area contributed by atoms with E-state index in [1.165, 1.54) is 0 Å². The molecule has 13 nitrogen and oxygen atoms in total. The summed E-state index contributed by atoms with van der Waals surface area (Å²) in [5.41, 5.74) is 5.60. The van der Waals surface area contributed by atoms with Gasteiger partial charge in [-0.25, -0.2) is 0 Å². The van der Waals surface area contributed by atoms with Crippen LogP contribution >= 0.6 is 0 Å². The molecule has 2 unspecified atom stereocenters. The van der Waals surface area contributed by atoms with Crippen molar-refractivity contribution < 1.29 is 50.3 Å². The number of hydrogen-bond donors (Lipinski definition) is 10. The monoisotopic (exact) mass is 427 g/mol. The summed E-state index contributed by atoms with van der Waals surface area (Å²) in [5, 5.41) is 81.2. The average molecular weight is 427 g/mol. The molecule has 2 saturated heterocycles. The van der Waals surface area contributed by atoms with Gasteiger partial charge in [-0.2, -0.15) is 0 Å². The molecule has 0 saturated carbocycles. The third-order valence-electron chi connectivity index (χ3n) is 5.28. The van der Waals surface area contributed by atoms with Gasteiger partial charge in [-0.3, -0.25) is 10.2 Å². The van der Waals surface area contributed by atoms with Gasteiger partial charge in [-0.1, -0.05) is 0 Å². The van der Waals surface area contributed by atoms with Crippen molar-refractivity contribution in [1.82, 2.24) is 10.2 Å². The fourth-order valence-electron chi connectivity index (χ4n) is 3.54. The molecule has 0 aromatic heterocycles. The Kier molecular flexibility index (Phi) is 9.56. The summed E-state index contributed by atoms with van der Waals surface area (Å²) in [6, 6.07) is 0. The van der Waals surface area contributed by atoms with E-state index in [9.17, 15) is 40.9 Å². The molecule has 2 aliphatic heterocycles. The third-order valence-corrected chi connectivity index (χ3v) is 5.28. The van der Waals surface area contributed by atoms with Crippen LogP contribution in [0.5, 0.6) is 0 Å². The number of hydrogen-bond acceptors (Lipinski definition) is 13. The summed E-state index contributed by atoms with van der Waals surface area (Å²) < 4.78 is 10.9. The van der Waals surface area contributed by atoms with Crippen molar-refractivity contribution in [3.63, 3.8) is 0 Å². The summed E-state index contributed by atoms with van der Waals surface area (Å²) in [5.74, 6) is 0. The van der Waals surface area contributed by atoms with Gasteiger partial charge in [0, 0.05) is 26.2 Å². The minimum absolute atomic E-state index is 0.151. The van der Waals surface area contributed by atoms with E-state index in [-0.39, 0.29) is 26.2 Å². The Morgan fingerprint density at radius 2 is 1.28 bits per heavy atom. The van der Waals surface area contributed by atoms with E-state index in [1.54, 1.807) is 4.90 Å². The van der Waals surface area contributed by atoms with Crippen molar-refractivity contribution in [3.05, 3.63) is 0 Å². The largest absolute Gasteiger partial charge is 0.394 e. The number of nitrogens with zero attached hydrogens (tertiary/aromatic N) is 1. The molecule has 0 aliphatic carbocycles. The first-order chi connectivity index (χ1) is 13.8. The molecule has 10 atom stereocenters. The van der Waals surface area contributed by atoms with Crippen LogP contribution in [-0.2, 0) is 9.47 Å². The fraction of sp³-hybridized carbons (Fsp3) is 1.00. The van der Waals surface area contributed by atoms with Crippen LogP contribution in [0.2, 0.25) is 0 Å². The number of ether oxygens (including phenoxy) is 2. The normalized spacial score (nSPS) is 43.7. The zero-order valence-electron chi connectivity index (χ0n) is 15.9. The summed E-state index contributed by atoms with van der Waals surface area (Å²) in [6.45, 7) is -0.324. The smallest absolute Gasteiger partial charge is 0.140 e. The van der Waals surface area contributed by atoms with Crippen molar-refractivity contribution in [2.45, 2.75) is 61.3 Å². The first-order valence-electron chi connectivity index (χ1n) is 9.55. The van der Waals surface area contributed by atoms with E-state index in [2.05, 4.69) is 5.32 Å². The topological polar surface area (TPSA) is 222 Å². The average Bonchev–Trinajstić information content (AvgIpc) is 2.71. The van der Waals surface area contributed by atoms with Crippen LogP contribution in [0.15, 0.2) is 0 Å².